The Balaban J connectivity index is 1.18. The maximum absolute atomic E-state index is 13.1. The number of hydrogen-bond acceptors (Lipinski definition) is 7. The molecule has 1 unspecified atom stereocenters. The molecule has 188 valence electrons. The van der Waals surface area contributed by atoms with E-state index in [0.717, 1.165) is 41.3 Å². The molecule has 2 atom stereocenters. The number of carbonyl (C=O) groups is 2. The van der Waals surface area contributed by atoms with Crippen molar-refractivity contribution in [1.29, 1.82) is 0 Å². The Bertz CT molecular complexity index is 1050. The Hall–Kier alpha value is -2.72. The summed E-state index contributed by atoms with van der Waals surface area (Å²) in [6.07, 6.45) is 3.16. The van der Waals surface area contributed by atoms with Crippen LogP contribution in [0.15, 0.2) is 30.3 Å². The van der Waals surface area contributed by atoms with Crippen molar-refractivity contribution in [1.82, 2.24) is 25.1 Å². The number of fused-ring (bicyclic) bond motifs is 2. The van der Waals surface area contributed by atoms with E-state index in [-0.39, 0.29) is 30.1 Å². The molecule has 1 aromatic heterocycles. The van der Waals surface area contributed by atoms with E-state index in [1.165, 1.54) is 0 Å². The van der Waals surface area contributed by atoms with E-state index in [9.17, 15) is 9.59 Å². The van der Waals surface area contributed by atoms with Gasteiger partial charge in [0.05, 0.1) is 12.1 Å². The summed E-state index contributed by atoms with van der Waals surface area (Å²) in [5, 5.41) is 12.4. The van der Waals surface area contributed by atoms with E-state index in [1.807, 2.05) is 56.0 Å². The Morgan fingerprint density at radius 3 is 2.49 bits per heavy atom. The van der Waals surface area contributed by atoms with Crippen LogP contribution in [0, 0.1) is 0 Å². The van der Waals surface area contributed by atoms with Crippen LogP contribution >= 0.6 is 11.3 Å². The number of urea groups is 1. The highest BCUT2D eigenvalue weighted by molar-refractivity contribution is 7.11. The average molecular weight is 500 g/mol. The largest absolute Gasteiger partial charge is 0.444 e. The van der Waals surface area contributed by atoms with Crippen LogP contribution in [0.5, 0.6) is 0 Å². The SMILES string of the molecule is CC(C)(C)OC(=O)N1CCC(c2nnc([C@@H]3CCC4CN3C(=O)N4OCc3ccccc3)s2)CC1. The van der Waals surface area contributed by atoms with Crippen LogP contribution in [0.25, 0.3) is 0 Å². The lowest BCUT2D eigenvalue weighted by atomic mass is 9.98. The third-order valence-electron chi connectivity index (χ3n) is 6.77. The molecule has 3 fully saturated rings. The fourth-order valence-electron chi connectivity index (χ4n) is 4.95. The van der Waals surface area contributed by atoms with Crippen molar-refractivity contribution in [3.63, 3.8) is 0 Å². The fourth-order valence-corrected chi connectivity index (χ4v) is 6.12. The molecule has 0 aliphatic carbocycles. The van der Waals surface area contributed by atoms with Gasteiger partial charge >= 0.3 is 12.1 Å². The molecule has 4 heterocycles. The predicted octanol–water partition coefficient (Wildman–Crippen LogP) is 4.73. The molecule has 2 bridgehead atoms. The lowest BCUT2D eigenvalue weighted by Crippen LogP contribution is -2.41. The first-order valence-corrected chi connectivity index (χ1v) is 13.2. The number of hydroxylamine groups is 2. The van der Waals surface area contributed by atoms with Crippen molar-refractivity contribution in [3.05, 3.63) is 45.9 Å². The van der Waals surface area contributed by atoms with Crippen LogP contribution in [0.3, 0.4) is 0 Å². The summed E-state index contributed by atoms with van der Waals surface area (Å²) >= 11 is 1.61. The minimum Gasteiger partial charge on any atom is -0.444 e. The van der Waals surface area contributed by atoms with Gasteiger partial charge in [-0.25, -0.2) is 9.59 Å². The van der Waals surface area contributed by atoms with Gasteiger partial charge in [-0.2, -0.15) is 5.06 Å². The van der Waals surface area contributed by atoms with Crippen molar-refractivity contribution in [3.8, 4) is 0 Å². The summed E-state index contributed by atoms with van der Waals surface area (Å²) in [6, 6.07) is 9.83. The molecule has 2 aromatic rings. The van der Waals surface area contributed by atoms with E-state index in [0.29, 0.717) is 26.2 Å². The molecule has 3 amide bonds. The van der Waals surface area contributed by atoms with Crippen molar-refractivity contribution >= 4 is 23.5 Å². The van der Waals surface area contributed by atoms with Gasteiger partial charge in [0.1, 0.15) is 22.2 Å². The molecule has 3 aliphatic heterocycles. The van der Waals surface area contributed by atoms with Gasteiger partial charge in [-0.15, -0.1) is 10.2 Å². The standard InChI is InChI=1S/C25H33N5O4S/c1-25(2,3)34-24(32)28-13-11-18(12-14-28)21-26-27-22(35-21)20-10-9-19-15-29(20)23(31)30(19)33-16-17-7-5-4-6-8-17/h4-8,18-20H,9-16H2,1-3H3/t19?,20-/m0/s1. The molecular formula is C25H33N5O4S. The number of carbonyl (C=O) groups excluding carboxylic acids is 2. The normalized spacial score (nSPS) is 23.2. The fraction of sp³-hybridized carbons (Fsp3) is 0.600. The topological polar surface area (TPSA) is 88.1 Å². The Morgan fingerprint density at radius 2 is 1.77 bits per heavy atom. The van der Waals surface area contributed by atoms with Gasteiger partial charge in [0, 0.05) is 25.6 Å². The number of ether oxygens (including phenoxy) is 1. The number of hydrogen-bond donors (Lipinski definition) is 0. The number of aromatic nitrogens is 2. The smallest absolute Gasteiger partial charge is 0.410 e. The zero-order valence-corrected chi connectivity index (χ0v) is 21.4. The quantitative estimate of drug-likeness (QED) is 0.591. The number of amides is 3. The van der Waals surface area contributed by atoms with Crippen molar-refractivity contribution in [2.24, 2.45) is 0 Å². The van der Waals surface area contributed by atoms with Gasteiger partial charge in [0.15, 0.2) is 0 Å². The monoisotopic (exact) mass is 499 g/mol. The second-order valence-electron chi connectivity index (χ2n) is 10.5. The first-order chi connectivity index (χ1) is 16.8. The van der Waals surface area contributed by atoms with Crippen molar-refractivity contribution < 1.29 is 19.2 Å². The molecular weight excluding hydrogens is 466 g/mol. The van der Waals surface area contributed by atoms with Crippen molar-refractivity contribution in [2.45, 2.75) is 76.7 Å². The van der Waals surface area contributed by atoms with E-state index < -0.39 is 5.60 Å². The Morgan fingerprint density at radius 1 is 1.06 bits per heavy atom. The summed E-state index contributed by atoms with van der Waals surface area (Å²) < 4.78 is 5.50. The van der Waals surface area contributed by atoms with Crippen LogP contribution in [0.2, 0.25) is 0 Å². The molecule has 0 saturated carbocycles. The van der Waals surface area contributed by atoms with Crippen LogP contribution in [0.4, 0.5) is 9.59 Å². The second-order valence-corrected chi connectivity index (χ2v) is 11.5. The molecule has 10 heteroatoms. The summed E-state index contributed by atoms with van der Waals surface area (Å²) in [7, 11) is 0. The number of likely N-dealkylation sites (tertiary alicyclic amines) is 1. The van der Waals surface area contributed by atoms with Gasteiger partial charge in [-0.05, 0) is 52.0 Å². The number of piperidine rings is 2. The highest BCUT2D eigenvalue weighted by Gasteiger charge is 2.47. The minimum atomic E-state index is -0.490. The highest BCUT2D eigenvalue weighted by atomic mass is 32.1. The minimum absolute atomic E-state index is 0.0582. The van der Waals surface area contributed by atoms with E-state index >= 15 is 0 Å². The number of rotatable bonds is 5. The molecule has 9 nitrogen and oxygen atoms in total. The Kier molecular flexibility index (Phi) is 6.67. The van der Waals surface area contributed by atoms with Gasteiger partial charge in [0.25, 0.3) is 0 Å². The van der Waals surface area contributed by atoms with Gasteiger partial charge in [-0.3, -0.25) is 4.84 Å². The summed E-state index contributed by atoms with van der Waals surface area (Å²) in [5.74, 6) is 0.274. The number of benzene rings is 1. The first-order valence-electron chi connectivity index (χ1n) is 12.4. The molecule has 0 N–H and O–H groups in total. The molecule has 1 aromatic carbocycles. The van der Waals surface area contributed by atoms with E-state index in [4.69, 9.17) is 9.57 Å². The Labute approximate surface area is 210 Å². The summed E-state index contributed by atoms with van der Waals surface area (Å²) in [4.78, 5) is 35.1. The number of nitrogens with zero attached hydrogens (tertiary/aromatic N) is 5. The zero-order valence-electron chi connectivity index (χ0n) is 20.6. The molecule has 3 saturated heterocycles. The van der Waals surface area contributed by atoms with Crippen molar-refractivity contribution in [2.75, 3.05) is 19.6 Å². The molecule has 3 aliphatic rings. The van der Waals surface area contributed by atoms with E-state index in [1.54, 1.807) is 21.3 Å². The maximum atomic E-state index is 13.1. The lowest BCUT2D eigenvalue weighted by Gasteiger charge is -2.32. The van der Waals surface area contributed by atoms with E-state index in [2.05, 4.69) is 10.2 Å². The first kappa shape index (κ1) is 24.0. The molecule has 0 spiro atoms. The van der Waals surface area contributed by atoms with Gasteiger partial charge in [-0.1, -0.05) is 41.7 Å². The second kappa shape index (κ2) is 9.73. The molecule has 5 rings (SSSR count). The van der Waals surface area contributed by atoms with Gasteiger partial charge in [0.2, 0.25) is 0 Å². The summed E-state index contributed by atoms with van der Waals surface area (Å²) in [6.45, 7) is 7.98. The highest BCUT2D eigenvalue weighted by Crippen LogP contribution is 2.41. The van der Waals surface area contributed by atoms with Crippen LogP contribution in [0.1, 0.15) is 74.0 Å². The molecule has 0 radical (unpaired) electrons. The third-order valence-corrected chi connectivity index (χ3v) is 7.96. The summed E-state index contributed by atoms with van der Waals surface area (Å²) in [5.41, 5.74) is 0.552. The average Bonchev–Trinajstić information content (AvgIpc) is 3.42. The maximum Gasteiger partial charge on any atom is 0.410 e. The lowest BCUT2D eigenvalue weighted by molar-refractivity contribution is -0.140. The van der Waals surface area contributed by atoms with Crippen LogP contribution < -0.4 is 0 Å². The third kappa shape index (κ3) is 5.28. The van der Waals surface area contributed by atoms with Gasteiger partial charge < -0.3 is 14.5 Å². The van der Waals surface area contributed by atoms with Crippen LogP contribution in [-0.2, 0) is 16.2 Å². The predicted molar refractivity (Wildman–Crippen MR) is 131 cm³/mol. The molecule has 35 heavy (non-hydrogen) atoms. The van der Waals surface area contributed by atoms with Crippen LogP contribution in [-0.4, -0.2) is 68.5 Å². The zero-order chi connectivity index (χ0) is 24.6.